The molecule has 0 spiro atoms. The highest BCUT2D eigenvalue weighted by Gasteiger charge is 2.42. The van der Waals surface area contributed by atoms with Gasteiger partial charge in [-0.05, 0) is 59.3 Å². The Morgan fingerprint density at radius 1 is 0.904 bits per heavy atom. The highest BCUT2D eigenvalue weighted by molar-refractivity contribution is 5.92. The van der Waals surface area contributed by atoms with Crippen molar-refractivity contribution in [3.63, 3.8) is 0 Å². The van der Waals surface area contributed by atoms with Crippen LogP contribution in [0.4, 0.5) is 4.79 Å². The number of carbonyl (C=O) groups is 4. The Morgan fingerprint density at radius 2 is 1.52 bits per heavy atom. The summed E-state index contributed by atoms with van der Waals surface area (Å²) in [6, 6.07) is -2.26. The van der Waals surface area contributed by atoms with E-state index in [-0.39, 0.29) is 31.2 Å². The summed E-state index contributed by atoms with van der Waals surface area (Å²) in [5.41, 5.74) is 0.746. The van der Waals surface area contributed by atoms with Crippen LogP contribution in [-0.4, -0.2) is 85.5 Å². The summed E-state index contributed by atoms with van der Waals surface area (Å²) in [4.78, 5) is 69.0. The fraction of sp³-hybridized carbons (Fsp3) is 0.692. The molecule has 3 atom stereocenters. The lowest BCUT2D eigenvalue weighted by molar-refractivity contribution is -0.140. The number of hydrogen-bond acceptors (Lipinski definition) is 7. The van der Waals surface area contributed by atoms with Crippen LogP contribution >= 0.6 is 0 Å². The summed E-state index contributed by atoms with van der Waals surface area (Å²) in [5.74, 6) is -0.848. The zero-order valence-electron chi connectivity index (χ0n) is 32.0. The number of aromatic nitrogens is 4. The molecule has 290 valence electrons. The third kappa shape index (κ3) is 16.9. The summed E-state index contributed by atoms with van der Waals surface area (Å²) in [6.45, 7) is 7.97. The Kier molecular flexibility index (Phi) is 19.0. The van der Waals surface area contributed by atoms with Crippen LogP contribution in [0.1, 0.15) is 135 Å². The van der Waals surface area contributed by atoms with Gasteiger partial charge in [0.25, 0.3) is 0 Å². The average Bonchev–Trinajstić information content (AvgIpc) is 3.88. The number of rotatable bonds is 24. The first-order valence-corrected chi connectivity index (χ1v) is 19.5. The Bertz CT molecular complexity index is 1340. The smallest absolute Gasteiger partial charge is 0.408 e. The van der Waals surface area contributed by atoms with Crippen LogP contribution in [0.2, 0.25) is 0 Å². The van der Waals surface area contributed by atoms with Crippen LogP contribution < -0.4 is 16.0 Å². The van der Waals surface area contributed by atoms with Gasteiger partial charge in [-0.15, -0.1) is 0 Å². The molecule has 13 heteroatoms. The second kappa shape index (κ2) is 23.4. The quantitative estimate of drug-likeness (QED) is 0.0647. The van der Waals surface area contributed by atoms with Crippen LogP contribution in [0.15, 0.2) is 37.2 Å². The Hall–Kier alpha value is -4.16. The molecule has 2 aromatic heterocycles. The van der Waals surface area contributed by atoms with Gasteiger partial charge in [-0.3, -0.25) is 14.4 Å². The van der Waals surface area contributed by atoms with Crippen LogP contribution in [0.3, 0.4) is 0 Å². The molecule has 0 aromatic carbocycles. The van der Waals surface area contributed by atoms with Crippen LogP contribution in [-0.2, 0) is 32.0 Å². The normalized spacial score (nSPS) is 16.6. The minimum absolute atomic E-state index is 0.0868. The van der Waals surface area contributed by atoms with E-state index in [1.54, 1.807) is 39.5 Å². The number of nitrogens with zero attached hydrogens (tertiary/aromatic N) is 3. The molecule has 0 radical (unpaired) electrons. The van der Waals surface area contributed by atoms with Crippen molar-refractivity contribution >= 4 is 23.8 Å². The van der Waals surface area contributed by atoms with E-state index >= 15 is 0 Å². The lowest BCUT2D eigenvalue weighted by Crippen LogP contribution is -2.55. The highest BCUT2D eigenvalue weighted by Crippen LogP contribution is 2.22. The Morgan fingerprint density at radius 3 is 2.13 bits per heavy atom. The van der Waals surface area contributed by atoms with Gasteiger partial charge in [-0.2, -0.15) is 0 Å². The molecule has 1 unspecified atom stereocenters. The van der Waals surface area contributed by atoms with Gasteiger partial charge in [0.05, 0.1) is 12.7 Å². The zero-order valence-corrected chi connectivity index (χ0v) is 32.0. The maximum Gasteiger partial charge on any atom is 0.408 e. The molecule has 2 aromatic rings. The second-order valence-corrected chi connectivity index (χ2v) is 14.9. The van der Waals surface area contributed by atoms with E-state index in [0.717, 1.165) is 37.8 Å². The summed E-state index contributed by atoms with van der Waals surface area (Å²) in [5, 5.41) is 8.71. The summed E-state index contributed by atoms with van der Waals surface area (Å²) in [7, 11) is 0. The number of aromatic amines is 2. The van der Waals surface area contributed by atoms with Crippen molar-refractivity contribution in [2.45, 2.75) is 161 Å². The van der Waals surface area contributed by atoms with E-state index in [0.29, 0.717) is 25.1 Å². The van der Waals surface area contributed by atoms with Gasteiger partial charge in [0.15, 0.2) is 0 Å². The summed E-state index contributed by atoms with van der Waals surface area (Å²) >= 11 is 0. The maximum absolute atomic E-state index is 14.1. The largest absolute Gasteiger partial charge is 0.444 e. The van der Waals surface area contributed by atoms with Crippen LogP contribution in [0.25, 0.3) is 0 Å². The predicted molar refractivity (Wildman–Crippen MR) is 202 cm³/mol. The molecule has 1 fully saturated rings. The fourth-order valence-electron chi connectivity index (χ4n) is 6.41. The van der Waals surface area contributed by atoms with Gasteiger partial charge in [-0.1, -0.05) is 70.4 Å². The number of unbranched alkanes of at least 4 members (excludes halogenated alkanes) is 11. The zero-order chi connectivity index (χ0) is 37.6. The van der Waals surface area contributed by atoms with E-state index in [9.17, 15) is 19.2 Å². The summed E-state index contributed by atoms with van der Waals surface area (Å²) in [6.07, 6.45) is 27.0. The fourth-order valence-corrected chi connectivity index (χ4v) is 6.41. The van der Waals surface area contributed by atoms with Gasteiger partial charge in [0.2, 0.25) is 17.7 Å². The predicted octanol–water partition coefficient (Wildman–Crippen LogP) is 6.05. The van der Waals surface area contributed by atoms with Crippen molar-refractivity contribution < 1.29 is 23.9 Å². The SMILES string of the molecule is CCCCCCCC/C=C\CCCCCCCC(=O)N[C@H]1C[C@@H](C(=O)NCCc2cnc[nH]2)N(C(=O)C(Cc2cnc[nH]2)NC(=O)OC(C)(C)C)C1. The number of likely N-dealkylation sites (tertiary alicyclic amines) is 1. The van der Waals surface area contributed by atoms with Gasteiger partial charge in [0, 0.05) is 62.2 Å². The number of nitrogens with one attached hydrogen (secondary N) is 5. The average molecular weight is 725 g/mol. The molecule has 1 saturated heterocycles. The molecule has 0 aliphatic carbocycles. The minimum Gasteiger partial charge on any atom is -0.444 e. The molecule has 3 heterocycles. The molecule has 52 heavy (non-hydrogen) atoms. The van der Waals surface area contributed by atoms with E-state index in [1.165, 1.54) is 62.6 Å². The number of alkyl carbamates (subject to hydrolysis) is 1. The number of hydrogen-bond donors (Lipinski definition) is 5. The molecule has 3 rings (SSSR count). The van der Waals surface area contributed by atoms with Gasteiger partial charge >= 0.3 is 6.09 Å². The van der Waals surface area contributed by atoms with Crippen molar-refractivity contribution in [2.75, 3.05) is 13.1 Å². The molecule has 0 bridgehead atoms. The summed E-state index contributed by atoms with van der Waals surface area (Å²) < 4.78 is 5.45. The van der Waals surface area contributed by atoms with Crippen molar-refractivity contribution in [3.8, 4) is 0 Å². The first-order chi connectivity index (χ1) is 25.1. The Balaban J connectivity index is 1.49. The lowest BCUT2D eigenvalue weighted by Gasteiger charge is -2.29. The molecular formula is C39H64N8O5. The third-order valence-electron chi connectivity index (χ3n) is 9.13. The monoisotopic (exact) mass is 724 g/mol. The molecule has 1 aliphatic heterocycles. The molecule has 13 nitrogen and oxygen atoms in total. The Labute approximate surface area is 310 Å². The van der Waals surface area contributed by atoms with E-state index in [1.807, 2.05) is 0 Å². The molecule has 4 amide bonds. The molecule has 0 saturated carbocycles. The van der Waals surface area contributed by atoms with E-state index in [4.69, 9.17) is 4.74 Å². The van der Waals surface area contributed by atoms with Gasteiger partial charge in [0.1, 0.15) is 17.7 Å². The van der Waals surface area contributed by atoms with Gasteiger partial charge < -0.3 is 35.6 Å². The number of allylic oxidation sites excluding steroid dienone is 2. The second-order valence-electron chi connectivity index (χ2n) is 14.9. The number of amides is 4. The lowest BCUT2D eigenvalue weighted by atomic mass is 10.1. The number of carbonyl (C=O) groups excluding carboxylic acids is 4. The van der Waals surface area contributed by atoms with Crippen molar-refractivity contribution in [1.29, 1.82) is 0 Å². The van der Waals surface area contributed by atoms with Crippen molar-refractivity contribution in [2.24, 2.45) is 0 Å². The van der Waals surface area contributed by atoms with Crippen LogP contribution in [0.5, 0.6) is 0 Å². The number of imidazole rings is 2. The van der Waals surface area contributed by atoms with Crippen molar-refractivity contribution in [3.05, 3.63) is 48.6 Å². The maximum atomic E-state index is 14.1. The first kappa shape index (κ1) is 42.3. The first-order valence-electron chi connectivity index (χ1n) is 19.5. The van der Waals surface area contributed by atoms with Crippen molar-refractivity contribution in [1.82, 2.24) is 40.8 Å². The standard InChI is InChI=1S/C39H64N8O5/c1-5-6-7-8-9-10-11-12-13-14-15-16-17-18-19-20-35(48)45-32-24-34(36(49)42-22-21-30-25-40-28-43-30)47(27-32)37(50)33(23-31-26-41-29-44-31)46-38(51)52-39(2,3)4/h12-13,25-26,28-29,32-34H,5-11,14-24,27H2,1-4H3,(H,40,43)(H,41,44)(H,42,49)(H,45,48)(H,46,51)/b13-12-/t32-,33?,34-/m0/s1. The van der Waals surface area contributed by atoms with E-state index < -0.39 is 35.7 Å². The minimum atomic E-state index is -1.03. The van der Waals surface area contributed by atoms with Gasteiger partial charge in [-0.25, -0.2) is 14.8 Å². The molecule has 1 aliphatic rings. The molecule has 5 N–H and O–H groups in total. The van der Waals surface area contributed by atoms with E-state index in [2.05, 4.69) is 55.0 Å². The van der Waals surface area contributed by atoms with Crippen LogP contribution in [0, 0.1) is 0 Å². The third-order valence-corrected chi connectivity index (χ3v) is 9.13. The number of ether oxygens (including phenoxy) is 1. The molecular weight excluding hydrogens is 660 g/mol. The number of H-pyrrole nitrogens is 2. The topological polar surface area (TPSA) is 174 Å². The highest BCUT2D eigenvalue weighted by atomic mass is 16.6.